The van der Waals surface area contributed by atoms with Gasteiger partial charge in [-0.25, -0.2) is 4.98 Å². The normalized spacial score (nSPS) is 15.9. The van der Waals surface area contributed by atoms with E-state index in [9.17, 15) is 4.79 Å². The van der Waals surface area contributed by atoms with Crippen LogP contribution in [0.5, 0.6) is 0 Å². The van der Waals surface area contributed by atoms with Gasteiger partial charge in [0.2, 0.25) is 0 Å². The molecular weight excluding hydrogens is 204 g/mol. The van der Waals surface area contributed by atoms with E-state index in [4.69, 9.17) is 16.7 Å². The first-order chi connectivity index (χ1) is 6.72. The third-order valence-corrected chi connectivity index (χ3v) is 2.47. The molecule has 5 heteroatoms. The summed E-state index contributed by atoms with van der Waals surface area (Å²) in [5.74, 6) is 1.07. The zero-order valence-corrected chi connectivity index (χ0v) is 8.37. The second kappa shape index (κ2) is 3.71. The van der Waals surface area contributed by atoms with Crippen molar-refractivity contribution in [1.82, 2.24) is 9.55 Å². The molecule has 0 unspecified atom stereocenters. The predicted octanol–water partition coefficient (Wildman–Crippen LogP) is 0.766. The predicted molar refractivity (Wildman–Crippen MR) is 52.6 cm³/mol. The molecule has 0 aromatic carbocycles. The third kappa shape index (κ3) is 1.81. The minimum absolute atomic E-state index is 0.0526. The van der Waals surface area contributed by atoms with Gasteiger partial charge >= 0.3 is 0 Å². The second-order valence-corrected chi connectivity index (χ2v) is 3.81. The molecule has 1 aliphatic carbocycles. The highest BCUT2D eigenvalue weighted by Crippen LogP contribution is 2.38. The van der Waals surface area contributed by atoms with Crippen LogP contribution in [0, 0.1) is 0 Å². The van der Waals surface area contributed by atoms with Crippen molar-refractivity contribution in [2.24, 2.45) is 0 Å². The molecule has 1 aromatic heterocycles. The summed E-state index contributed by atoms with van der Waals surface area (Å²) in [4.78, 5) is 15.6. The van der Waals surface area contributed by atoms with E-state index in [1.165, 1.54) is 10.6 Å². The molecule has 0 atom stereocenters. The molecule has 1 saturated carbocycles. The van der Waals surface area contributed by atoms with E-state index in [0.717, 1.165) is 18.7 Å². The van der Waals surface area contributed by atoms with Gasteiger partial charge in [-0.1, -0.05) is 11.6 Å². The molecule has 0 spiro atoms. The molecule has 4 nitrogen and oxygen atoms in total. The van der Waals surface area contributed by atoms with Crippen molar-refractivity contribution >= 4 is 11.6 Å². The molecule has 14 heavy (non-hydrogen) atoms. The number of halogens is 1. The fourth-order valence-electron chi connectivity index (χ4n) is 1.47. The lowest BCUT2D eigenvalue weighted by atomic mass is 10.3. The number of hydrogen-bond donors (Lipinski definition) is 1. The molecule has 76 valence electrons. The highest BCUT2D eigenvalue weighted by Gasteiger charge is 2.28. The van der Waals surface area contributed by atoms with E-state index in [2.05, 4.69) is 4.98 Å². The first-order valence-electron chi connectivity index (χ1n) is 4.60. The summed E-state index contributed by atoms with van der Waals surface area (Å²) in [6.45, 7) is 0.248. The lowest BCUT2D eigenvalue weighted by molar-refractivity contribution is 0.271. The summed E-state index contributed by atoms with van der Waals surface area (Å²) >= 11 is 5.71. The summed E-state index contributed by atoms with van der Waals surface area (Å²) in [6.07, 6.45) is 2.11. The quantitative estimate of drug-likeness (QED) is 0.757. The largest absolute Gasteiger partial charge is 0.395 e. The molecule has 0 bridgehead atoms. The minimum Gasteiger partial charge on any atom is -0.395 e. The number of aliphatic hydroxyl groups excluding tert-OH is 1. The van der Waals surface area contributed by atoms with E-state index in [0.29, 0.717) is 12.5 Å². The minimum atomic E-state index is -0.180. The maximum Gasteiger partial charge on any atom is 0.255 e. The average Bonchev–Trinajstić information content (AvgIpc) is 2.92. The molecule has 1 aromatic rings. The van der Waals surface area contributed by atoms with Crippen LogP contribution in [-0.4, -0.2) is 21.3 Å². The first kappa shape index (κ1) is 9.68. The van der Waals surface area contributed by atoms with Crippen molar-refractivity contribution in [3.8, 4) is 0 Å². The molecule has 1 heterocycles. The van der Waals surface area contributed by atoms with Gasteiger partial charge in [0.05, 0.1) is 13.2 Å². The van der Waals surface area contributed by atoms with Gasteiger partial charge in [0.1, 0.15) is 11.0 Å². The molecule has 1 fully saturated rings. The van der Waals surface area contributed by atoms with Crippen LogP contribution >= 0.6 is 11.6 Å². The Morgan fingerprint density at radius 3 is 2.93 bits per heavy atom. The maximum atomic E-state index is 11.5. The van der Waals surface area contributed by atoms with Gasteiger partial charge in [0.15, 0.2) is 0 Å². The zero-order valence-electron chi connectivity index (χ0n) is 7.61. The number of aliphatic hydroxyl groups is 1. The van der Waals surface area contributed by atoms with Crippen molar-refractivity contribution in [3.05, 3.63) is 27.4 Å². The summed E-state index contributed by atoms with van der Waals surface area (Å²) < 4.78 is 1.50. The van der Waals surface area contributed by atoms with Crippen LogP contribution in [0.1, 0.15) is 24.6 Å². The van der Waals surface area contributed by atoms with E-state index < -0.39 is 0 Å². The Bertz CT molecular complexity index is 398. The fraction of sp³-hybridized carbons (Fsp3) is 0.556. The van der Waals surface area contributed by atoms with Crippen LogP contribution in [0.2, 0.25) is 5.15 Å². The summed E-state index contributed by atoms with van der Waals surface area (Å²) in [6, 6.07) is 1.28. The average molecular weight is 215 g/mol. The fourth-order valence-corrected chi connectivity index (χ4v) is 1.65. The number of hydrogen-bond acceptors (Lipinski definition) is 3. The Labute approximate surface area is 86.2 Å². The Morgan fingerprint density at radius 2 is 2.36 bits per heavy atom. The maximum absolute atomic E-state index is 11.5. The van der Waals surface area contributed by atoms with Crippen LogP contribution in [0.15, 0.2) is 10.9 Å². The lowest BCUT2D eigenvalue weighted by Crippen LogP contribution is -2.25. The van der Waals surface area contributed by atoms with Crippen LogP contribution in [0.3, 0.4) is 0 Å². The smallest absolute Gasteiger partial charge is 0.255 e. The molecule has 0 saturated heterocycles. The number of aromatic nitrogens is 2. The van der Waals surface area contributed by atoms with Crippen molar-refractivity contribution in [1.29, 1.82) is 0 Å². The van der Waals surface area contributed by atoms with Crippen molar-refractivity contribution in [2.75, 3.05) is 6.61 Å². The first-order valence-corrected chi connectivity index (χ1v) is 4.98. The molecule has 1 N–H and O–H groups in total. The SMILES string of the molecule is O=c1cc(Cl)nc(C2CC2)n1CCO. The molecule has 1 aliphatic rings. The van der Waals surface area contributed by atoms with Gasteiger partial charge in [-0.15, -0.1) is 0 Å². The Morgan fingerprint density at radius 1 is 1.64 bits per heavy atom. The zero-order chi connectivity index (χ0) is 10.1. The van der Waals surface area contributed by atoms with Crippen LogP contribution in [0.4, 0.5) is 0 Å². The molecular formula is C9H11ClN2O2. The van der Waals surface area contributed by atoms with Crippen molar-refractivity contribution in [3.63, 3.8) is 0 Å². The summed E-state index contributed by atoms with van der Waals surface area (Å²) in [7, 11) is 0. The van der Waals surface area contributed by atoms with Crippen LogP contribution in [-0.2, 0) is 6.54 Å². The topological polar surface area (TPSA) is 55.1 Å². The second-order valence-electron chi connectivity index (χ2n) is 3.42. The molecule has 0 aliphatic heterocycles. The van der Waals surface area contributed by atoms with Gasteiger partial charge in [-0.2, -0.15) is 0 Å². The van der Waals surface area contributed by atoms with Crippen LogP contribution < -0.4 is 5.56 Å². The van der Waals surface area contributed by atoms with E-state index in [1.54, 1.807) is 0 Å². The highest BCUT2D eigenvalue weighted by atomic mass is 35.5. The molecule has 0 amide bonds. The van der Waals surface area contributed by atoms with Gasteiger partial charge in [-0.05, 0) is 12.8 Å². The van der Waals surface area contributed by atoms with Gasteiger partial charge in [0, 0.05) is 12.0 Å². The summed E-state index contributed by atoms with van der Waals surface area (Å²) in [5.41, 5.74) is -0.180. The summed E-state index contributed by atoms with van der Waals surface area (Å²) in [5, 5.41) is 9.06. The van der Waals surface area contributed by atoms with Gasteiger partial charge < -0.3 is 5.11 Å². The Balaban J connectivity index is 2.47. The third-order valence-electron chi connectivity index (χ3n) is 2.27. The van der Waals surface area contributed by atoms with Crippen molar-refractivity contribution in [2.45, 2.75) is 25.3 Å². The Hall–Kier alpha value is -0.870. The van der Waals surface area contributed by atoms with Gasteiger partial charge in [-0.3, -0.25) is 9.36 Å². The lowest BCUT2D eigenvalue weighted by Gasteiger charge is -2.09. The highest BCUT2D eigenvalue weighted by molar-refractivity contribution is 6.29. The van der Waals surface area contributed by atoms with E-state index in [1.807, 2.05) is 0 Å². The monoisotopic (exact) mass is 214 g/mol. The molecule has 0 radical (unpaired) electrons. The number of nitrogens with zero attached hydrogens (tertiary/aromatic N) is 2. The van der Waals surface area contributed by atoms with E-state index >= 15 is 0 Å². The van der Waals surface area contributed by atoms with Crippen LogP contribution in [0.25, 0.3) is 0 Å². The van der Waals surface area contributed by atoms with Crippen molar-refractivity contribution < 1.29 is 5.11 Å². The Kier molecular flexibility index (Phi) is 2.56. The van der Waals surface area contributed by atoms with Gasteiger partial charge in [0.25, 0.3) is 5.56 Å². The molecule has 2 rings (SSSR count). The van der Waals surface area contributed by atoms with E-state index in [-0.39, 0.29) is 17.3 Å². The number of rotatable bonds is 3. The standard InChI is InChI=1S/C9H11ClN2O2/c10-7-5-8(14)12(3-4-13)9(11-7)6-1-2-6/h5-6,13H,1-4H2.